The van der Waals surface area contributed by atoms with Gasteiger partial charge in [-0.15, -0.1) is 0 Å². The van der Waals surface area contributed by atoms with E-state index in [2.05, 4.69) is 133 Å². The van der Waals surface area contributed by atoms with Crippen molar-refractivity contribution in [1.29, 1.82) is 0 Å². The molecule has 8 nitrogen and oxygen atoms in total. The van der Waals surface area contributed by atoms with E-state index in [1.54, 1.807) is 0 Å². The number of hydrogen-bond acceptors (Lipinski definition) is 8. The molecule has 0 amide bonds. The standard InChI is InChI=1S/C14H20BO2.2C14H17NO.C13H15NO/c1-13(2,3)9-7-10(14(4,5)6)12-11(8-9)16-15-17-12;1-3-4-10-13-11(2)14(15-16-13)12-8-6-5-7-9-12;1-3-4-5-9-12-14(15-16-2)13-10-7-6-8-11-13;1-2-3-4-8-11-13(14-15)12-9-6-5-7-10-12/h7-8H,1-6H3;5-9H,3-4,10H2,1-2H3;6-8,10-11H,3-5H2,1-2H3;5-7,9-10,15H,2-4H2,1H3/b;;15-14+;14-13+. The molecule has 1 N–H and O–H groups in total. The normalized spacial score (nSPS) is 11.7. The van der Waals surface area contributed by atoms with Gasteiger partial charge >= 0.3 is 7.69 Å². The molecule has 0 unspecified atom stereocenters. The Labute approximate surface area is 385 Å². The van der Waals surface area contributed by atoms with Crippen LogP contribution in [0.3, 0.4) is 0 Å². The quantitative estimate of drug-likeness (QED) is 0.0355. The molecule has 6 rings (SSSR count). The molecule has 0 atom stereocenters. The number of fused-ring (bicyclic) bond motifs is 1. The summed E-state index contributed by atoms with van der Waals surface area (Å²) in [5, 5.41) is 20.1. The van der Waals surface area contributed by atoms with Crippen LogP contribution in [-0.4, -0.2) is 36.6 Å². The lowest BCUT2D eigenvalue weighted by atomic mass is 9.80. The minimum Gasteiger partial charge on any atom is -0.524 e. The first kappa shape index (κ1) is 52.2. The highest BCUT2D eigenvalue weighted by molar-refractivity contribution is 6.23. The lowest BCUT2D eigenvalue weighted by Crippen LogP contribution is -2.16. The zero-order valence-corrected chi connectivity index (χ0v) is 40.2. The highest BCUT2D eigenvalue weighted by atomic mass is 16.6. The van der Waals surface area contributed by atoms with Crippen molar-refractivity contribution in [1.82, 2.24) is 5.16 Å². The molecule has 0 spiro atoms. The first-order valence-corrected chi connectivity index (χ1v) is 22.5. The maximum Gasteiger partial charge on any atom is 0.658 e. The van der Waals surface area contributed by atoms with Crippen LogP contribution < -0.4 is 9.31 Å². The third-order valence-electron chi connectivity index (χ3n) is 10.00. The smallest absolute Gasteiger partial charge is 0.524 e. The minimum absolute atomic E-state index is 0.0485. The summed E-state index contributed by atoms with van der Waals surface area (Å²) >= 11 is 0. The molecular weight excluding hydrogens is 793 g/mol. The van der Waals surface area contributed by atoms with E-state index in [1.807, 2.05) is 78.9 Å². The van der Waals surface area contributed by atoms with E-state index < -0.39 is 0 Å². The zero-order valence-electron chi connectivity index (χ0n) is 40.2. The Kier molecular flexibility index (Phi) is 22.6. The molecule has 5 aromatic rings. The number of nitrogens with zero attached hydrogens (tertiary/aromatic N) is 3. The average molecular weight is 863 g/mol. The minimum atomic E-state index is 0.0485. The molecule has 4 aromatic carbocycles. The predicted molar refractivity (Wildman–Crippen MR) is 265 cm³/mol. The summed E-state index contributed by atoms with van der Waals surface area (Å²) in [4.78, 5) is 4.80. The van der Waals surface area contributed by atoms with Gasteiger partial charge in [-0.05, 0) is 60.5 Å². The second kappa shape index (κ2) is 27.8. The summed E-state index contributed by atoms with van der Waals surface area (Å²) in [5.41, 5.74) is 8.91. The van der Waals surface area contributed by atoms with Crippen molar-refractivity contribution in [2.24, 2.45) is 10.3 Å². The molecule has 64 heavy (non-hydrogen) atoms. The number of hydrogen-bond donors (Lipinski definition) is 1. The van der Waals surface area contributed by atoms with Gasteiger partial charge in [0.1, 0.15) is 30.1 Å². The fourth-order valence-corrected chi connectivity index (χ4v) is 6.14. The molecule has 9 heteroatoms. The van der Waals surface area contributed by atoms with Crippen LogP contribution in [0.25, 0.3) is 11.3 Å². The van der Waals surface area contributed by atoms with Gasteiger partial charge in [-0.1, -0.05) is 206 Å². The van der Waals surface area contributed by atoms with Gasteiger partial charge in [0, 0.05) is 47.1 Å². The van der Waals surface area contributed by atoms with Crippen LogP contribution in [0, 0.1) is 30.6 Å². The fourth-order valence-electron chi connectivity index (χ4n) is 6.14. The van der Waals surface area contributed by atoms with Crippen LogP contribution in [0.2, 0.25) is 0 Å². The Bertz CT molecular complexity index is 2300. The number of aromatic nitrogens is 1. The number of aryl methyl sites for hydroxylation is 1. The van der Waals surface area contributed by atoms with Gasteiger partial charge in [0.15, 0.2) is 11.4 Å². The summed E-state index contributed by atoms with van der Waals surface area (Å²) in [6.07, 6.45) is 9.59. The SMILES string of the molecule is CC(C)(C)c1cc2c(c(C(C)(C)C)c1)O[B]O2.CCCCC#C/C(=N\O)c1ccccc1.CCCCC#C/C(=N\OC)c1ccccc1.CCCCc1onc(-c2ccccc2)c1C. The molecule has 337 valence electrons. The van der Waals surface area contributed by atoms with Crippen LogP contribution in [0.5, 0.6) is 11.5 Å². The van der Waals surface area contributed by atoms with Crippen LogP contribution in [0.4, 0.5) is 0 Å². The van der Waals surface area contributed by atoms with Gasteiger partial charge in [0.2, 0.25) is 0 Å². The monoisotopic (exact) mass is 863 g/mol. The largest absolute Gasteiger partial charge is 0.658 e. The fraction of sp³-hybridized carbons (Fsp3) is 0.400. The molecule has 2 heterocycles. The van der Waals surface area contributed by atoms with E-state index in [0.29, 0.717) is 11.4 Å². The average Bonchev–Trinajstić information content (AvgIpc) is 3.93. The maximum atomic E-state index is 8.82. The molecule has 0 saturated heterocycles. The molecule has 0 saturated carbocycles. The van der Waals surface area contributed by atoms with Gasteiger partial charge in [-0.3, -0.25) is 0 Å². The van der Waals surface area contributed by atoms with Gasteiger partial charge in [0.25, 0.3) is 0 Å². The zero-order chi connectivity index (χ0) is 46.8. The van der Waals surface area contributed by atoms with E-state index in [0.717, 1.165) is 91.0 Å². The van der Waals surface area contributed by atoms with Crippen LogP contribution >= 0.6 is 0 Å². The van der Waals surface area contributed by atoms with Crippen molar-refractivity contribution in [3.8, 4) is 46.4 Å². The first-order chi connectivity index (χ1) is 30.8. The Hall–Kier alpha value is -6.19. The summed E-state index contributed by atoms with van der Waals surface area (Å²) in [6, 6.07) is 33.8. The van der Waals surface area contributed by atoms with Gasteiger partial charge < -0.3 is 23.9 Å². The summed E-state index contributed by atoms with van der Waals surface area (Å²) < 4.78 is 16.3. The number of unbranched alkanes of at least 4 members (excludes halogenated alkanes) is 5. The second-order valence-corrected chi connectivity index (χ2v) is 17.3. The van der Waals surface area contributed by atoms with Crippen molar-refractivity contribution in [3.63, 3.8) is 0 Å². The van der Waals surface area contributed by atoms with Crippen molar-refractivity contribution < 1.29 is 23.9 Å². The first-order valence-electron chi connectivity index (χ1n) is 22.5. The molecule has 1 aliphatic heterocycles. The van der Waals surface area contributed by atoms with E-state index in [9.17, 15) is 0 Å². The molecular formula is C55H69BN3O5. The Morgan fingerprint density at radius 1 is 0.703 bits per heavy atom. The van der Waals surface area contributed by atoms with E-state index in [1.165, 1.54) is 37.9 Å². The van der Waals surface area contributed by atoms with E-state index in [4.69, 9.17) is 23.9 Å². The molecule has 0 fully saturated rings. The Morgan fingerprint density at radius 2 is 1.23 bits per heavy atom. The molecule has 1 radical (unpaired) electrons. The summed E-state index contributed by atoms with van der Waals surface area (Å²) in [5.74, 6) is 14.8. The van der Waals surface area contributed by atoms with E-state index >= 15 is 0 Å². The molecule has 1 aromatic heterocycles. The van der Waals surface area contributed by atoms with Crippen LogP contribution in [0.15, 0.2) is 118 Å². The second-order valence-electron chi connectivity index (χ2n) is 17.3. The summed E-state index contributed by atoms with van der Waals surface area (Å²) in [6.45, 7) is 21.8. The Balaban J connectivity index is 0.000000227. The molecule has 1 aliphatic rings. The summed E-state index contributed by atoms with van der Waals surface area (Å²) in [7, 11) is 2.95. The third kappa shape index (κ3) is 17.5. The third-order valence-corrected chi connectivity index (χ3v) is 10.00. The number of benzene rings is 4. The molecule has 0 bridgehead atoms. The van der Waals surface area contributed by atoms with E-state index in [-0.39, 0.29) is 10.8 Å². The predicted octanol–water partition coefficient (Wildman–Crippen LogP) is 13.9. The van der Waals surface area contributed by atoms with Gasteiger partial charge in [-0.25, -0.2) is 0 Å². The van der Waals surface area contributed by atoms with Crippen molar-refractivity contribution in [2.45, 2.75) is 138 Å². The number of rotatable bonds is 11. The van der Waals surface area contributed by atoms with Crippen molar-refractivity contribution in [3.05, 3.63) is 137 Å². The Morgan fingerprint density at radius 3 is 1.73 bits per heavy atom. The van der Waals surface area contributed by atoms with Crippen molar-refractivity contribution >= 4 is 19.1 Å². The van der Waals surface area contributed by atoms with Crippen LogP contribution in [-0.2, 0) is 22.1 Å². The lowest BCUT2D eigenvalue weighted by molar-refractivity contribution is 0.214. The number of oxime groups is 2. The molecule has 0 aliphatic carbocycles. The van der Waals surface area contributed by atoms with Crippen LogP contribution in [0.1, 0.15) is 147 Å². The lowest BCUT2D eigenvalue weighted by Gasteiger charge is -2.26. The van der Waals surface area contributed by atoms with Gasteiger partial charge in [0.05, 0.1) is 0 Å². The van der Waals surface area contributed by atoms with Gasteiger partial charge in [-0.2, -0.15) is 0 Å². The highest BCUT2D eigenvalue weighted by Crippen LogP contribution is 2.44. The maximum absolute atomic E-state index is 8.82. The van der Waals surface area contributed by atoms with Crippen molar-refractivity contribution in [2.75, 3.05) is 7.11 Å². The highest BCUT2D eigenvalue weighted by Gasteiger charge is 2.30. The topological polar surface area (TPSA) is 98.7 Å².